The van der Waals surface area contributed by atoms with Gasteiger partial charge in [0.05, 0.1) is 6.10 Å². The first-order chi connectivity index (χ1) is 10.8. The second kappa shape index (κ2) is 7.40. The van der Waals surface area contributed by atoms with E-state index in [0.29, 0.717) is 12.0 Å². The van der Waals surface area contributed by atoms with E-state index in [1.165, 1.54) is 0 Å². The van der Waals surface area contributed by atoms with Crippen LogP contribution >= 0.6 is 0 Å². The number of hydrogen-bond donors (Lipinski definition) is 1. The first kappa shape index (κ1) is 17.9. The molecular formula is C16H30N6O. The number of aromatic nitrogens is 3. The second-order valence-corrected chi connectivity index (χ2v) is 6.99. The minimum Gasteiger partial charge on any atom is -0.392 e. The molecule has 7 nitrogen and oxygen atoms in total. The molecule has 2 heterocycles. The van der Waals surface area contributed by atoms with Gasteiger partial charge < -0.3 is 14.9 Å². The topological polar surface area (TPSA) is 68.6 Å². The zero-order valence-corrected chi connectivity index (χ0v) is 15.2. The Morgan fingerprint density at radius 2 is 1.87 bits per heavy atom. The van der Waals surface area contributed by atoms with Crippen LogP contribution in [0.2, 0.25) is 0 Å². The Morgan fingerprint density at radius 1 is 1.17 bits per heavy atom. The summed E-state index contributed by atoms with van der Waals surface area (Å²) in [4.78, 5) is 20.3. The fourth-order valence-corrected chi connectivity index (χ4v) is 2.83. The van der Waals surface area contributed by atoms with Crippen molar-refractivity contribution < 1.29 is 5.11 Å². The minimum absolute atomic E-state index is 0.266. The molecular weight excluding hydrogens is 292 g/mol. The molecule has 0 bridgehead atoms. The molecule has 0 saturated carbocycles. The maximum absolute atomic E-state index is 9.57. The second-order valence-electron chi connectivity index (χ2n) is 6.99. The number of hydrogen-bond acceptors (Lipinski definition) is 7. The molecule has 0 amide bonds. The smallest absolute Gasteiger partial charge is 0.230 e. The van der Waals surface area contributed by atoms with Gasteiger partial charge in [0, 0.05) is 52.2 Å². The van der Waals surface area contributed by atoms with Gasteiger partial charge in [0.2, 0.25) is 11.9 Å². The Labute approximate surface area is 139 Å². The lowest BCUT2D eigenvalue weighted by Gasteiger charge is -2.40. The third-order valence-electron chi connectivity index (χ3n) is 4.04. The quantitative estimate of drug-likeness (QED) is 0.865. The van der Waals surface area contributed by atoms with E-state index in [1.807, 2.05) is 25.9 Å². The molecule has 1 aromatic heterocycles. The molecule has 0 radical (unpaired) electrons. The van der Waals surface area contributed by atoms with Crippen molar-refractivity contribution in [1.82, 2.24) is 19.9 Å². The van der Waals surface area contributed by atoms with Crippen molar-refractivity contribution in [2.75, 3.05) is 50.1 Å². The molecule has 0 aromatic carbocycles. The van der Waals surface area contributed by atoms with Crippen molar-refractivity contribution in [2.45, 2.75) is 45.8 Å². The molecule has 0 aliphatic carbocycles. The van der Waals surface area contributed by atoms with Crippen LogP contribution < -0.4 is 9.80 Å². The first-order valence-electron chi connectivity index (χ1n) is 8.38. The summed E-state index contributed by atoms with van der Waals surface area (Å²) in [7, 11) is 3.90. The van der Waals surface area contributed by atoms with E-state index in [0.717, 1.165) is 38.0 Å². The van der Waals surface area contributed by atoms with Crippen molar-refractivity contribution in [1.29, 1.82) is 0 Å². The summed E-state index contributed by atoms with van der Waals surface area (Å²) in [5.74, 6) is 2.56. The molecule has 1 saturated heterocycles. The van der Waals surface area contributed by atoms with Crippen molar-refractivity contribution in [3.8, 4) is 0 Å². The van der Waals surface area contributed by atoms with E-state index in [4.69, 9.17) is 0 Å². The van der Waals surface area contributed by atoms with Crippen LogP contribution in [-0.2, 0) is 0 Å². The summed E-state index contributed by atoms with van der Waals surface area (Å²) in [6.07, 6.45) is -0.293. The lowest BCUT2D eigenvalue weighted by molar-refractivity contribution is 0.114. The highest BCUT2D eigenvalue weighted by Crippen LogP contribution is 2.21. The molecule has 130 valence electrons. The molecule has 0 spiro atoms. The van der Waals surface area contributed by atoms with Crippen molar-refractivity contribution in [3.63, 3.8) is 0 Å². The SMILES string of the molecule is CC(O)CN1CCN(c2nc(C(C)C)nc(N(C)C)n2)C(C)C1. The molecule has 2 atom stereocenters. The summed E-state index contributed by atoms with van der Waals surface area (Å²) < 4.78 is 0. The highest BCUT2D eigenvalue weighted by Gasteiger charge is 2.27. The van der Waals surface area contributed by atoms with Crippen molar-refractivity contribution in [3.05, 3.63) is 5.82 Å². The number of rotatable bonds is 5. The molecule has 23 heavy (non-hydrogen) atoms. The van der Waals surface area contributed by atoms with Gasteiger partial charge in [-0.05, 0) is 13.8 Å². The number of β-amino-alcohol motifs (C(OH)–C–C–N with tert-alkyl or cyclic N) is 1. The van der Waals surface area contributed by atoms with Gasteiger partial charge in [-0.1, -0.05) is 13.8 Å². The Morgan fingerprint density at radius 3 is 2.39 bits per heavy atom. The fraction of sp³-hybridized carbons (Fsp3) is 0.812. The Hall–Kier alpha value is -1.47. The van der Waals surface area contributed by atoms with E-state index in [1.54, 1.807) is 0 Å². The van der Waals surface area contributed by atoms with Crippen LogP contribution in [0.25, 0.3) is 0 Å². The number of aliphatic hydroxyl groups excluding tert-OH is 1. The van der Waals surface area contributed by atoms with Gasteiger partial charge in [-0.15, -0.1) is 0 Å². The lowest BCUT2D eigenvalue weighted by Crippen LogP contribution is -2.54. The normalized spacial score (nSPS) is 20.9. The van der Waals surface area contributed by atoms with E-state index >= 15 is 0 Å². The van der Waals surface area contributed by atoms with Gasteiger partial charge in [-0.2, -0.15) is 15.0 Å². The highest BCUT2D eigenvalue weighted by molar-refractivity contribution is 5.40. The summed E-state index contributed by atoms with van der Waals surface area (Å²) in [6.45, 7) is 11.6. The predicted octanol–water partition coefficient (Wildman–Crippen LogP) is 0.952. The maximum atomic E-state index is 9.57. The number of aliphatic hydroxyl groups is 1. The largest absolute Gasteiger partial charge is 0.392 e. The van der Waals surface area contributed by atoms with Gasteiger partial charge >= 0.3 is 0 Å². The standard InChI is InChI=1S/C16H30N6O/c1-11(2)14-17-15(20(5)6)19-16(18-14)22-8-7-21(9-12(22)3)10-13(4)23/h11-13,23H,7-10H2,1-6H3. The molecule has 1 N–H and O–H groups in total. The third-order valence-corrected chi connectivity index (χ3v) is 4.04. The molecule has 1 aliphatic heterocycles. The van der Waals surface area contributed by atoms with Crippen LogP contribution in [0.3, 0.4) is 0 Å². The van der Waals surface area contributed by atoms with Gasteiger partial charge in [-0.25, -0.2) is 0 Å². The average molecular weight is 322 g/mol. The molecule has 1 aromatic rings. The van der Waals surface area contributed by atoms with Crippen molar-refractivity contribution in [2.24, 2.45) is 0 Å². The van der Waals surface area contributed by atoms with Gasteiger partial charge in [0.15, 0.2) is 0 Å². The minimum atomic E-state index is -0.293. The highest BCUT2D eigenvalue weighted by atomic mass is 16.3. The average Bonchev–Trinajstić information content (AvgIpc) is 2.46. The zero-order valence-electron chi connectivity index (χ0n) is 15.2. The molecule has 2 rings (SSSR count). The monoisotopic (exact) mass is 322 g/mol. The summed E-state index contributed by atoms with van der Waals surface area (Å²) >= 11 is 0. The van der Waals surface area contributed by atoms with Gasteiger partial charge in [0.25, 0.3) is 0 Å². The zero-order chi connectivity index (χ0) is 17.1. The lowest BCUT2D eigenvalue weighted by atomic mass is 10.2. The summed E-state index contributed by atoms with van der Waals surface area (Å²) in [6, 6.07) is 0.305. The third kappa shape index (κ3) is 4.51. The van der Waals surface area contributed by atoms with Crippen LogP contribution in [0.5, 0.6) is 0 Å². The van der Waals surface area contributed by atoms with Crippen molar-refractivity contribution >= 4 is 11.9 Å². The first-order valence-corrected chi connectivity index (χ1v) is 8.38. The van der Waals surface area contributed by atoms with Crippen LogP contribution in [0.15, 0.2) is 0 Å². The van der Waals surface area contributed by atoms with E-state index in [2.05, 4.69) is 45.5 Å². The fourth-order valence-electron chi connectivity index (χ4n) is 2.83. The Bertz CT molecular complexity index is 493. The summed E-state index contributed by atoms with van der Waals surface area (Å²) in [5, 5.41) is 9.57. The number of anilines is 2. The van der Waals surface area contributed by atoms with E-state index in [9.17, 15) is 5.11 Å². The van der Waals surface area contributed by atoms with E-state index < -0.39 is 0 Å². The van der Waals surface area contributed by atoms with Crippen LogP contribution in [0.1, 0.15) is 39.4 Å². The van der Waals surface area contributed by atoms with Gasteiger partial charge in [-0.3, -0.25) is 4.90 Å². The Balaban J connectivity index is 2.21. The molecule has 1 aliphatic rings. The maximum Gasteiger partial charge on any atom is 0.230 e. The Kier molecular flexibility index (Phi) is 5.75. The molecule has 1 fully saturated rings. The molecule has 7 heteroatoms. The van der Waals surface area contributed by atoms with E-state index in [-0.39, 0.29) is 12.0 Å². The number of nitrogens with zero attached hydrogens (tertiary/aromatic N) is 6. The van der Waals surface area contributed by atoms with Crippen LogP contribution in [0, 0.1) is 0 Å². The van der Waals surface area contributed by atoms with Gasteiger partial charge in [0.1, 0.15) is 5.82 Å². The van der Waals surface area contributed by atoms with Crippen LogP contribution in [0.4, 0.5) is 11.9 Å². The summed E-state index contributed by atoms with van der Waals surface area (Å²) in [5.41, 5.74) is 0. The van der Waals surface area contributed by atoms with Crippen LogP contribution in [-0.4, -0.2) is 77.4 Å². The predicted molar refractivity (Wildman–Crippen MR) is 93.2 cm³/mol. The molecule has 2 unspecified atom stereocenters. The number of piperazine rings is 1.